The van der Waals surface area contributed by atoms with Gasteiger partial charge in [-0.25, -0.2) is 0 Å². The summed E-state index contributed by atoms with van der Waals surface area (Å²) in [6.45, 7) is 6.26. The lowest BCUT2D eigenvalue weighted by molar-refractivity contribution is -0.0155. The summed E-state index contributed by atoms with van der Waals surface area (Å²) in [6.07, 6.45) is 2.56. The molecule has 22 heavy (non-hydrogen) atoms. The van der Waals surface area contributed by atoms with Crippen molar-refractivity contribution in [1.29, 1.82) is 0 Å². The Bertz CT molecular complexity index is 397. The average molecular weight is 309 g/mol. The van der Waals surface area contributed by atoms with Crippen LogP contribution in [0.1, 0.15) is 39.2 Å². The molecule has 1 aromatic carbocycles. The van der Waals surface area contributed by atoms with Crippen LogP contribution < -0.4 is 5.73 Å². The summed E-state index contributed by atoms with van der Waals surface area (Å²) >= 11 is 0. The standard InChI is InChI=1S/C14H21NO2.C4H10O/c15-10-13(16)14-12(8-9-17-14)7-6-11-4-2-1-3-5-11;1-4(2,3)5/h1-5,12-14,16H,6-10,15H2;5H,1-3H3. The summed E-state index contributed by atoms with van der Waals surface area (Å²) in [7, 11) is 0. The Labute approximate surface area is 134 Å². The van der Waals surface area contributed by atoms with Gasteiger partial charge >= 0.3 is 0 Å². The molecule has 4 heteroatoms. The van der Waals surface area contributed by atoms with Gasteiger partial charge in [-0.1, -0.05) is 30.3 Å². The van der Waals surface area contributed by atoms with Crippen LogP contribution in [0.2, 0.25) is 0 Å². The third-order valence-electron chi connectivity index (χ3n) is 3.53. The Morgan fingerprint density at radius 2 is 1.86 bits per heavy atom. The van der Waals surface area contributed by atoms with Crippen LogP contribution >= 0.6 is 0 Å². The van der Waals surface area contributed by atoms with Gasteiger partial charge in [-0.2, -0.15) is 0 Å². The topological polar surface area (TPSA) is 75.7 Å². The molecule has 126 valence electrons. The minimum absolute atomic E-state index is 0.0660. The summed E-state index contributed by atoms with van der Waals surface area (Å²) in [5.74, 6) is 0.439. The highest BCUT2D eigenvalue weighted by Gasteiger charge is 2.32. The first-order valence-electron chi connectivity index (χ1n) is 8.07. The third-order valence-corrected chi connectivity index (χ3v) is 3.53. The van der Waals surface area contributed by atoms with Crippen molar-refractivity contribution in [2.24, 2.45) is 11.7 Å². The highest BCUT2D eigenvalue weighted by Crippen LogP contribution is 2.27. The van der Waals surface area contributed by atoms with Crippen molar-refractivity contribution >= 4 is 0 Å². The minimum Gasteiger partial charge on any atom is -0.391 e. The zero-order valence-corrected chi connectivity index (χ0v) is 14.0. The molecule has 3 atom stereocenters. The monoisotopic (exact) mass is 309 g/mol. The molecule has 4 N–H and O–H groups in total. The van der Waals surface area contributed by atoms with E-state index in [2.05, 4.69) is 24.3 Å². The first kappa shape index (κ1) is 19.1. The lowest BCUT2D eigenvalue weighted by Crippen LogP contribution is -2.37. The number of rotatable bonds is 5. The molecule has 4 nitrogen and oxygen atoms in total. The highest BCUT2D eigenvalue weighted by atomic mass is 16.5. The largest absolute Gasteiger partial charge is 0.391 e. The molecule has 1 aromatic rings. The summed E-state index contributed by atoms with van der Waals surface area (Å²) in [6, 6.07) is 10.4. The smallest absolute Gasteiger partial charge is 0.0926 e. The van der Waals surface area contributed by atoms with Crippen molar-refractivity contribution < 1.29 is 14.9 Å². The fourth-order valence-electron chi connectivity index (χ4n) is 2.52. The first-order valence-corrected chi connectivity index (χ1v) is 8.07. The van der Waals surface area contributed by atoms with Crippen LogP contribution in [-0.2, 0) is 11.2 Å². The second kappa shape index (κ2) is 9.26. The molecular formula is C18H31NO3. The van der Waals surface area contributed by atoms with Crippen molar-refractivity contribution in [1.82, 2.24) is 0 Å². The Morgan fingerprint density at radius 3 is 2.41 bits per heavy atom. The molecule has 2 rings (SSSR count). The van der Waals surface area contributed by atoms with Crippen LogP contribution in [0.3, 0.4) is 0 Å². The van der Waals surface area contributed by atoms with E-state index in [1.165, 1.54) is 5.56 Å². The first-order chi connectivity index (χ1) is 10.3. The summed E-state index contributed by atoms with van der Waals surface area (Å²) in [4.78, 5) is 0. The van der Waals surface area contributed by atoms with E-state index >= 15 is 0 Å². The molecule has 1 aliphatic heterocycles. The van der Waals surface area contributed by atoms with Gasteiger partial charge in [-0.15, -0.1) is 0 Å². The molecule has 0 spiro atoms. The molecule has 0 saturated carbocycles. The summed E-state index contributed by atoms with van der Waals surface area (Å²) < 4.78 is 5.58. The van der Waals surface area contributed by atoms with Crippen molar-refractivity contribution in [3.8, 4) is 0 Å². The van der Waals surface area contributed by atoms with Crippen molar-refractivity contribution in [3.05, 3.63) is 35.9 Å². The molecular weight excluding hydrogens is 278 g/mol. The predicted octanol–water partition coefficient (Wildman–Crippen LogP) is 2.12. The van der Waals surface area contributed by atoms with Crippen LogP contribution in [0, 0.1) is 5.92 Å². The Hall–Kier alpha value is -0.940. The molecule has 1 aliphatic rings. The van der Waals surface area contributed by atoms with Crippen LogP contribution in [0.25, 0.3) is 0 Å². The lowest BCUT2D eigenvalue weighted by Gasteiger charge is -2.22. The van der Waals surface area contributed by atoms with E-state index in [9.17, 15) is 5.11 Å². The number of aliphatic hydroxyl groups is 2. The van der Waals surface area contributed by atoms with E-state index < -0.39 is 11.7 Å². The molecule has 0 aromatic heterocycles. The van der Waals surface area contributed by atoms with Crippen LogP contribution in [0.15, 0.2) is 30.3 Å². The molecule has 1 saturated heterocycles. The zero-order valence-electron chi connectivity index (χ0n) is 14.0. The van der Waals surface area contributed by atoms with E-state index in [1.807, 2.05) is 6.07 Å². The SMILES string of the molecule is CC(C)(C)O.NCC(O)C1OCCC1CCc1ccccc1. The van der Waals surface area contributed by atoms with Gasteiger partial charge < -0.3 is 20.7 Å². The molecule has 0 aliphatic carbocycles. The minimum atomic E-state index is -0.515. The molecule has 3 unspecified atom stereocenters. The number of hydrogen-bond acceptors (Lipinski definition) is 4. The maximum atomic E-state index is 9.78. The second-order valence-electron chi connectivity index (χ2n) is 6.88. The van der Waals surface area contributed by atoms with Gasteiger partial charge in [0.2, 0.25) is 0 Å². The second-order valence-corrected chi connectivity index (χ2v) is 6.88. The van der Waals surface area contributed by atoms with E-state index in [0.717, 1.165) is 25.9 Å². The Balaban J connectivity index is 0.000000422. The number of nitrogens with two attached hydrogens (primary N) is 1. The van der Waals surface area contributed by atoms with Crippen molar-refractivity contribution in [2.75, 3.05) is 13.2 Å². The Morgan fingerprint density at radius 1 is 1.27 bits per heavy atom. The maximum absolute atomic E-state index is 9.78. The number of benzene rings is 1. The Kier molecular flexibility index (Phi) is 8.04. The zero-order chi connectivity index (χ0) is 16.6. The van der Waals surface area contributed by atoms with Gasteiger partial charge in [0.15, 0.2) is 0 Å². The molecule has 0 radical (unpaired) electrons. The van der Waals surface area contributed by atoms with E-state index in [0.29, 0.717) is 5.92 Å². The number of ether oxygens (including phenoxy) is 1. The maximum Gasteiger partial charge on any atom is 0.0926 e. The lowest BCUT2D eigenvalue weighted by atomic mass is 9.91. The van der Waals surface area contributed by atoms with Crippen LogP contribution in [0.5, 0.6) is 0 Å². The van der Waals surface area contributed by atoms with Gasteiger partial charge in [0.05, 0.1) is 17.8 Å². The van der Waals surface area contributed by atoms with Gasteiger partial charge in [0.25, 0.3) is 0 Å². The van der Waals surface area contributed by atoms with Gasteiger partial charge in [-0.3, -0.25) is 0 Å². The van der Waals surface area contributed by atoms with E-state index in [1.54, 1.807) is 20.8 Å². The van der Waals surface area contributed by atoms with Crippen molar-refractivity contribution in [2.45, 2.75) is 57.8 Å². The van der Waals surface area contributed by atoms with Gasteiger partial charge in [0, 0.05) is 13.2 Å². The molecule has 0 bridgehead atoms. The molecule has 1 fully saturated rings. The number of hydrogen-bond donors (Lipinski definition) is 3. The summed E-state index contributed by atoms with van der Waals surface area (Å²) in [5.41, 5.74) is 6.34. The van der Waals surface area contributed by atoms with Crippen molar-refractivity contribution in [3.63, 3.8) is 0 Å². The van der Waals surface area contributed by atoms with Gasteiger partial charge in [0.1, 0.15) is 0 Å². The van der Waals surface area contributed by atoms with Gasteiger partial charge in [-0.05, 0) is 51.5 Å². The van der Waals surface area contributed by atoms with E-state index in [-0.39, 0.29) is 12.6 Å². The van der Waals surface area contributed by atoms with Crippen LogP contribution in [-0.4, -0.2) is 41.2 Å². The number of aryl methyl sites for hydroxylation is 1. The van der Waals surface area contributed by atoms with E-state index in [4.69, 9.17) is 15.6 Å². The highest BCUT2D eigenvalue weighted by molar-refractivity contribution is 5.14. The third kappa shape index (κ3) is 7.90. The normalized spacial score (nSPS) is 22.8. The van der Waals surface area contributed by atoms with Crippen LogP contribution in [0.4, 0.5) is 0 Å². The quantitative estimate of drug-likeness (QED) is 0.779. The summed E-state index contributed by atoms with van der Waals surface area (Å²) in [5, 5.41) is 18.3. The molecule has 0 amide bonds. The predicted molar refractivity (Wildman–Crippen MR) is 89.6 cm³/mol. The fraction of sp³-hybridized carbons (Fsp3) is 0.667. The number of aliphatic hydroxyl groups excluding tert-OH is 1. The average Bonchev–Trinajstić information content (AvgIpc) is 2.92. The molecule has 1 heterocycles. The fourth-order valence-corrected chi connectivity index (χ4v) is 2.52.